The Bertz CT molecular complexity index is 522. The number of aliphatic carboxylic acids is 2. The molecule has 0 rings (SSSR count). The van der Waals surface area contributed by atoms with Crippen LogP contribution in [0.4, 0.5) is 0 Å². The molecule has 0 radical (unpaired) electrons. The van der Waals surface area contributed by atoms with Crippen molar-refractivity contribution >= 4 is 11.9 Å². The number of rotatable bonds is 8. The topological polar surface area (TPSA) is 115 Å². The number of carbonyl (C=O) groups is 2. The highest BCUT2D eigenvalue weighted by molar-refractivity contribution is 5.63. The molecule has 0 aliphatic carbocycles. The van der Waals surface area contributed by atoms with Crippen LogP contribution < -0.4 is 0 Å². The summed E-state index contributed by atoms with van der Waals surface area (Å²) in [6.07, 6.45) is 10.5. The van der Waals surface area contributed by atoms with Crippen LogP contribution in [-0.2, 0) is 9.59 Å². The van der Waals surface area contributed by atoms with Gasteiger partial charge in [-0.3, -0.25) is 9.59 Å². The molecule has 6 heteroatoms. The molecular formula is C21H32O6. The van der Waals surface area contributed by atoms with Crippen molar-refractivity contribution in [2.24, 2.45) is 0 Å². The van der Waals surface area contributed by atoms with Crippen molar-refractivity contribution < 1.29 is 30.0 Å². The molecule has 0 aliphatic heterocycles. The first-order chi connectivity index (χ1) is 12.7. The third-order valence-electron chi connectivity index (χ3n) is 2.52. The SMILES string of the molecule is C=CC(O)C#CC#CC(O)C=CCCCCCCC.CC(=O)O.CC(=O)O. The summed E-state index contributed by atoms with van der Waals surface area (Å²) in [5, 5.41) is 33.4. The van der Waals surface area contributed by atoms with Crippen molar-refractivity contribution in [2.75, 3.05) is 0 Å². The Morgan fingerprint density at radius 2 is 1.37 bits per heavy atom. The van der Waals surface area contributed by atoms with Crippen LogP contribution in [0.5, 0.6) is 0 Å². The molecule has 0 spiro atoms. The minimum absolute atomic E-state index is 0.786. The highest BCUT2D eigenvalue weighted by Gasteiger charge is 1.91. The minimum Gasteiger partial charge on any atom is -0.481 e. The van der Waals surface area contributed by atoms with Gasteiger partial charge in [0, 0.05) is 13.8 Å². The lowest BCUT2D eigenvalue weighted by Gasteiger charge is -1.97. The second kappa shape index (κ2) is 23.5. The van der Waals surface area contributed by atoms with Crippen molar-refractivity contribution in [3.8, 4) is 23.7 Å². The van der Waals surface area contributed by atoms with Crippen molar-refractivity contribution in [1.29, 1.82) is 0 Å². The number of carboxylic acid groups (broad SMARTS) is 2. The van der Waals surface area contributed by atoms with Gasteiger partial charge in [0.2, 0.25) is 0 Å². The zero-order valence-corrected chi connectivity index (χ0v) is 16.4. The van der Waals surface area contributed by atoms with Crippen LogP contribution in [-0.4, -0.2) is 44.6 Å². The van der Waals surface area contributed by atoms with Crippen LogP contribution in [0.3, 0.4) is 0 Å². The largest absolute Gasteiger partial charge is 0.481 e. The third-order valence-corrected chi connectivity index (χ3v) is 2.52. The lowest BCUT2D eigenvalue weighted by Crippen LogP contribution is -1.97. The smallest absolute Gasteiger partial charge is 0.300 e. The summed E-state index contributed by atoms with van der Waals surface area (Å²) < 4.78 is 0. The molecule has 4 N–H and O–H groups in total. The quantitative estimate of drug-likeness (QED) is 0.292. The van der Waals surface area contributed by atoms with Crippen molar-refractivity contribution in [3.63, 3.8) is 0 Å². The van der Waals surface area contributed by atoms with Gasteiger partial charge in [0.25, 0.3) is 11.9 Å². The molecule has 0 aliphatic rings. The second-order valence-corrected chi connectivity index (χ2v) is 5.33. The molecule has 0 saturated heterocycles. The van der Waals surface area contributed by atoms with E-state index >= 15 is 0 Å². The third kappa shape index (κ3) is 45.2. The van der Waals surface area contributed by atoms with Gasteiger partial charge in [-0.1, -0.05) is 63.2 Å². The van der Waals surface area contributed by atoms with Gasteiger partial charge in [0.05, 0.1) is 0 Å². The summed E-state index contributed by atoms with van der Waals surface area (Å²) in [4.78, 5) is 18.0. The Morgan fingerprint density at radius 3 is 1.81 bits per heavy atom. The van der Waals surface area contributed by atoms with Crippen LogP contribution in [0.2, 0.25) is 0 Å². The molecule has 152 valence electrons. The number of unbranched alkanes of at least 4 members (excludes halogenated alkanes) is 5. The van der Waals surface area contributed by atoms with Gasteiger partial charge in [-0.05, 0) is 30.8 Å². The van der Waals surface area contributed by atoms with Gasteiger partial charge >= 0.3 is 0 Å². The summed E-state index contributed by atoms with van der Waals surface area (Å²) in [5.74, 6) is 8.33. The summed E-state index contributed by atoms with van der Waals surface area (Å²) in [6, 6.07) is 0. The highest BCUT2D eigenvalue weighted by atomic mass is 16.4. The molecule has 0 saturated carbocycles. The average molecular weight is 380 g/mol. The van der Waals surface area contributed by atoms with E-state index in [0.717, 1.165) is 26.7 Å². The van der Waals surface area contributed by atoms with E-state index in [1.165, 1.54) is 31.8 Å². The number of carboxylic acids is 2. The molecule has 0 heterocycles. The first-order valence-corrected chi connectivity index (χ1v) is 8.72. The molecule has 0 aromatic rings. The van der Waals surface area contributed by atoms with Gasteiger partial charge in [0.1, 0.15) is 12.2 Å². The molecule has 27 heavy (non-hydrogen) atoms. The summed E-state index contributed by atoms with van der Waals surface area (Å²) >= 11 is 0. The highest BCUT2D eigenvalue weighted by Crippen LogP contribution is 2.05. The van der Waals surface area contributed by atoms with Gasteiger partial charge in [0.15, 0.2) is 0 Å². The molecule has 2 unspecified atom stereocenters. The maximum Gasteiger partial charge on any atom is 0.300 e. The first kappa shape index (κ1) is 29.2. The van der Waals surface area contributed by atoms with E-state index in [4.69, 9.17) is 24.9 Å². The molecule has 0 bridgehead atoms. The van der Waals surface area contributed by atoms with Crippen LogP contribution in [0, 0.1) is 23.7 Å². The molecule has 0 fully saturated rings. The van der Waals surface area contributed by atoms with Gasteiger partial charge in [-0.15, -0.1) is 0 Å². The number of allylic oxidation sites excluding steroid dienone is 1. The Kier molecular flexibility index (Phi) is 25.4. The lowest BCUT2D eigenvalue weighted by atomic mass is 10.1. The van der Waals surface area contributed by atoms with Gasteiger partial charge in [-0.25, -0.2) is 0 Å². The van der Waals surface area contributed by atoms with E-state index in [1.54, 1.807) is 6.08 Å². The summed E-state index contributed by atoms with van der Waals surface area (Å²) in [5.41, 5.74) is 0. The Morgan fingerprint density at radius 1 is 0.926 bits per heavy atom. The maximum atomic E-state index is 9.50. The van der Waals surface area contributed by atoms with Crippen LogP contribution in [0.15, 0.2) is 24.8 Å². The zero-order valence-electron chi connectivity index (χ0n) is 16.4. The number of aliphatic hydroxyl groups excluding tert-OH is 2. The maximum absolute atomic E-state index is 9.50. The standard InChI is InChI=1S/C17H24O2.2C2H4O2/c1-3-5-6-7-8-9-10-14-17(19)15-12-11-13-16(18)4-2;2*1-2(3)4/h4,10,14,16-19H,2-3,5-9H2,1H3;2*1H3,(H,3,4). The van der Waals surface area contributed by atoms with E-state index in [-0.39, 0.29) is 0 Å². The van der Waals surface area contributed by atoms with Crippen LogP contribution >= 0.6 is 0 Å². The fourth-order valence-electron chi connectivity index (χ4n) is 1.42. The number of hydrogen-bond donors (Lipinski definition) is 4. The summed E-state index contributed by atoms with van der Waals surface area (Å²) in [6.45, 7) is 7.76. The molecule has 6 nitrogen and oxygen atoms in total. The van der Waals surface area contributed by atoms with Gasteiger partial charge < -0.3 is 20.4 Å². The first-order valence-electron chi connectivity index (χ1n) is 8.72. The number of aliphatic hydroxyl groups is 2. The fourth-order valence-corrected chi connectivity index (χ4v) is 1.42. The van der Waals surface area contributed by atoms with E-state index in [9.17, 15) is 5.11 Å². The van der Waals surface area contributed by atoms with E-state index in [2.05, 4.69) is 37.2 Å². The molecule has 0 amide bonds. The van der Waals surface area contributed by atoms with Crippen molar-refractivity contribution in [2.45, 2.75) is 71.5 Å². The minimum atomic E-state index is -0.856. The van der Waals surface area contributed by atoms with Crippen molar-refractivity contribution in [1.82, 2.24) is 0 Å². The Labute approximate surface area is 162 Å². The fraction of sp³-hybridized carbons (Fsp3) is 0.524. The predicted molar refractivity (Wildman–Crippen MR) is 107 cm³/mol. The normalized spacial score (nSPS) is 11.0. The van der Waals surface area contributed by atoms with E-state index < -0.39 is 24.1 Å². The molecule has 0 aromatic heterocycles. The van der Waals surface area contributed by atoms with Crippen molar-refractivity contribution in [3.05, 3.63) is 24.8 Å². The van der Waals surface area contributed by atoms with Crippen LogP contribution in [0.1, 0.15) is 59.3 Å². The second-order valence-electron chi connectivity index (χ2n) is 5.33. The molecule has 0 aromatic carbocycles. The summed E-state index contributed by atoms with van der Waals surface area (Å²) in [7, 11) is 0. The van der Waals surface area contributed by atoms with Crippen LogP contribution in [0.25, 0.3) is 0 Å². The molecule has 2 atom stereocenters. The van der Waals surface area contributed by atoms with E-state index in [1.807, 2.05) is 6.08 Å². The number of hydrogen-bond acceptors (Lipinski definition) is 4. The Balaban J connectivity index is -0.000000603. The monoisotopic (exact) mass is 380 g/mol. The lowest BCUT2D eigenvalue weighted by molar-refractivity contribution is -0.135. The average Bonchev–Trinajstić information content (AvgIpc) is 2.56. The van der Waals surface area contributed by atoms with Gasteiger partial charge in [-0.2, -0.15) is 0 Å². The Hall–Kier alpha value is -2.54. The van der Waals surface area contributed by atoms with E-state index in [0.29, 0.717) is 0 Å². The predicted octanol–water partition coefficient (Wildman–Crippen LogP) is 3.00. The zero-order chi connectivity index (χ0) is 21.5. The molecular weight excluding hydrogens is 348 g/mol.